The molecule has 1 saturated heterocycles. The van der Waals surface area contributed by atoms with Crippen molar-refractivity contribution in [1.29, 1.82) is 0 Å². The van der Waals surface area contributed by atoms with Gasteiger partial charge in [0.05, 0.1) is 17.2 Å². The Morgan fingerprint density at radius 2 is 1.76 bits per heavy atom. The second-order valence-corrected chi connectivity index (χ2v) is 10.3. The highest BCUT2D eigenvalue weighted by atomic mass is 32.2. The normalized spacial score (nSPS) is 14.3. The van der Waals surface area contributed by atoms with Crippen molar-refractivity contribution >= 4 is 57.6 Å². The molecule has 4 rings (SSSR count). The molecule has 3 aromatic rings. The van der Waals surface area contributed by atoms with E-state index in [-0.39, 0.29) is 18.4 Å². The average molecular weight is 533 g/mol. The summed E-state index contributed by atoms with van der Waals surface area (Å²) in [6, 6.07) is 18.8. The summed E-state index contributed by atoms with van der Waals surface area (Å²) in [4.78, 5) is 27.7. The molecule has 190 valence electrons. The van der Waals surface area contributed by atoms with E-state index in [9.17, 15) is 9.59 Å². The number of hydrogen-bond donors (Lipinski definition) is 1. The van der Waals surface area contributed by atoms with Crippen LogP contribution in [-0.4, -0.2) is 29.3 Å². The van der Waals surface area contributed by atoms with Crippen LogP contribution in [0.25, 0.3) is 6.08 Å². The molecule has 3 aromatic carbocycles. The fraction of sp³-hybridized carbons (Fsp3) is 0.207. The third kappa shape index (κ3) is 6.21. The molecule has 1 N–H and O–H groups in total. The number of hydrogen-bond acceptors (Lipinski definition) is 6. The van der Waals surface area contributed by atoms with Gasteiger partial charge in [0.1, 0.15) is 0 Å². The maximum absolute atomic E-state index is 13.2. The molecular weight excluding hydrogens is 504 g/mol. The lowest BCUT2D eigenvalue weighted by Gasteiger charge is -2.16. The van der Waals surface area contributed by atoms with Crippen LogP contribution in [0.3, 0.4) is 0 Å². The van der Waals surface area contributed by atoms with Gasteiger partial charge in [-0.1, -0.05) is 54.3 Å². The van der Waals surface area contributed by atoms with Crippen LogP contribution in [0.2, 0.25) is 0 Å². The van der Waals surface area contributed by atoms with Crippen LogP contribution in [0.4, 0.5) is 11.4 Å². The van der Waals surface area contributed by atoms with E-state index in [0.29, 0.717) is 27.3 Å². The number of carbonyl (C=O) groups is 2. The number of thiocarbonyl (C=S) groups is 1. The van der Waals surface area contributed by atoms with Crippen molar-refractivity contribution in [1.82, 2.24) is 0 Å². The summed E-state index contributed by atoms with van der Waals surface area (Å²) >= 11 is 6.77. The molecule has 0 aliphatic carbocycles. The van der Waals surface area contributed by atoms with E-state index < -0.39 is 0 Å². The second-order valence-electron chi connectivity index (χ2n) is 8.58. The highest BCUT2D eigenvalue weighted by Gasteiger charge is 2.34. The van der Waals surface area contributed by atoms with Crippen LogP contribution >= 0.6 is 24.0 Å². The van der Waals surface area contributed by atoms with Gasteiger partial charge in [0, 0.05) is 5.69 Å². The quantitative estimate of drug-likeness (QED) is 0.266. The van der Waals surface area contributed by atoms with Gasteiger partial charge in [0.15, 0.2) is 22.4 Å². The molecule has 0 radical (unpaired) electrons. The number of thioether (sulfide) groups is 1. The highest BCUT2D eigenvalue weighted by Crippen LogP contribution is 2.38. The summed E-state index contributed by atoms with van der Waals surface area (Å²) < 4.78 is 12.0. The van der Waals surface area contributed by atoms with E-state index in [1.165, 1.54) is 11.8 Å². The number of nitrogens with zero attached hydrogens (tertiary/aromatic N) is 1. The third-order valence-corrected chi connectivity index (χ3v) is 7.17. The van der Waals surface area contributed by atoms with Crippen LogP contribution in [0, 0.1) is 20.8 Å². The van der Waals surface area contributed by atoms with Crippen LogP contribution in [0.5, 0.6) is 11.5 Å². The lowest BCUT2D eigenvalue weighted by molar-refractivity contribution is -0.118. The number of amides is 2. The van der Waals surface area contributed by atoms with Crippen LogP contribution < -0.4 is 19.7 Å². The largest absolute Gasteiger partial charge is 0.490 e. The first-order chi connectivity index (χ1) is 17.8. The maximum Gasteiger partial charge on any atom is 0.270 e. The highest BCUT2D eigenvalue weighted by molar-refractivity contribution is 8.27. The molecule has 0 spiro atoms. The molecule has 1 fully saturated rings. The zero-order valence-corrected chi connectivity index (χ0v) is 22.8. The van der Waals surface area contributed by atoms with Crippen LogP contribution in [-0.2, 0) is 9.59 Å². The molecule has 0 unspecified atom stereocenters. The summed E-state index contributed by atoms with van der Waals surface area (Å²) in [7, 11) is 0. The SMILES string of the molecule is CCOc1cc(/C=C2\SC(=S)N(c3ccccc3C)C2=O)ccc1OCC(=O)Nc1ccc(C)c(C)c1. The Labute approximate surface area is 226 Å². The van der Waals surface area contributed by atoms with E-state index in [2.05, 4.69) is 5.32 Å². The molecule has 1 heterocycles. The monoisotopic (exact) mass is 532 g/mol. The van der Waals surface area contributed by atoms with Gasteiger partial charge in [-0.05, 0) is 86.4 Å². The van der Waals surface area contributed by atoms with Crippen molar-refractivity contribution in [2.75, 3.05) is 23.4 Å². The number of anilines is 2. The Morgan fingerprint density at radius 3 is 2.49 bits per heavy atom. The summed E-state index contributed by atoms with van der Waals surface area (Å²) in [5, 5.41) is 2.85. The van der Waals surface area contributed by atoms with E-state index >= 15 is 0 Å². The Balaban J connectivity index is 1.48. The number of nitrogens with one attached hydrogen (secondary N) is 1. The molecule has 6 nitrogen and oxygen atoms in total. The molecule has 0 aromatic heterocycles. The molecule has 0 bridgehead atoms. The number of para-hydroxylation sites is 1. The van der Waals surface area contributed by atoms with Crippen molar-refractivity contribution in [2.45, 2.75) is 27.7 Å². The molecule has 1 aliphatic heterocycles. The van der Waals surface area contributed by atoms with Gasteiger partial charge in [-0.15, -0.1) is 0 Å². The third-order valence-electron chi connectivity index (χ3n) is 5.86. The van der Waals surface area contributed by atoms with Gasteiger partial charge >= 0.3 is 0 Å². The first-order valence-corrected chi connectivity index (χ1v) is 13.1. The van der Waals surface area contributed by atoms with Crippen molar-refractivity contribution < 1.29 is 19.1 Å². The Morgan fingerprint density at radius 1 is 0.973 bits per heavy atom. The molecular formula is C29H28N2O4S2. The van der Waals surface area contributed by atoms with Crippen molar-refractivity contribution in [3.63, 3.8) is 0 Å². The first kappa shape index (κ1) is 26.4. The Bertz CT molecular complexity index is 1400. The minimum atomic E-state index is -0.269. The lowest BCUT2D eigenvalue weighted by Crippen LogP contribution is -2.28. The predicted molar refractivity (Wildman–Crippen MR) is 154 cm³/mol. The predicted octanol–water partition coefficient (Wildman–Crippen LogP) is 6.43. The van der Waals surface area contributed by atoms with E-state index in [1.807, 2.05) is 76.2 Å². The molecule has 2 amide bonds. The smallest absolute Gasteiger partial charge is 0.270 e. The molecule has 0 saturated carbocycles. The summed E-state index contributed by atoms with van der Waals surface area (Å²) in [5.41, 5.74) is 5.51. The van der Waals surface area contributed by atoms with E-state index in [0.717, 1.165) is 33.6 Å². The standard InChI is InChI=1S/C29H28N2O4S2/c1-5-34-25-15-21(16-26-28(33)31(29(36)37-26)23-9-7-6-8-19(23)3)11-13-24(25)35-17-27(32)30-22-12-10-18(2)20(4)14-22/h6-16H,5,17H2,1-4H3,(H,30,32)/b26-16-. The van der Waals surface area contributed by atoms with Crippen LogP contribution in [0.1, 0.15) is 29.2 Å². The summed E-state index contributed by atoms with van der Waals surface area (Å²) in [5.74, 6) is 0.506. The van der Waals surface area contributed by atoms with Gasteiger partial charge in [0.25, 0.3) is 11.8 Å². The molecule has 0 atom stereocenters. The van der Waals surface area contributed by atoms with Gasteiger partial charge in [-0.3, -0.25) is 14.5 Å². The minimum Gasteiger partial charge on any atom is -0.490 e. The van der Waals surface area contributed by atoms with Crippen molar-refractivity contribution in [2.24, 2.45) is 0 Å². The topological polar surface area (TPSA) is 67.9 Å². The number of benzene rings is 3. The van der Waals surface area contributed by atoms with E-state index in [1.54, 1.807) is 23.1 Å². The first-order valence-electron chi connectivity index (χ1n) is 11.9. The minimum absolute atomic E-state index is 0.161. The summed E-state index contributed by atoms with van der Waals surface area (Å²) in [6.45, 7) is 8.10. The van der Waals surface area contributed by atoms with Gasteiger partial charge < -0.3 is 14.8 Å². The van der Waals surface area contributed by atoms with Crippen molar-refractivity contribution in [3.05, 3.63) is 87.8 Å². The number of rotatable bonds is 8. The van der Waals surface area contributed by atoms with Crippen LogP contribution in [0.15, 0.2) is 65.6 Å². The maximum atomic E-state index is 13.2. The Kier molecular flexibility index (Phi) is 8.31. The average Bonchev–Trinajstić information content (AvgIpc) is 3.14. The zero-order valence-electron chi connectivity index (χ0n) is 21.2. The molecule has 8 heteroatoms. The molecule has 1 aliphatic rings. The number of ether oxygens (including phenoxy) is 2. The summed E-state index contributed by atoms with van der Waals surface area (Å²) in [6.07, 6.45) is 1.79. The zero-order chi connectivity index (χ0) is 26.5. The number of aryl methyl sites for hydroxylation is 3. The van der Waals surface area contributed by atoms with Gasteiger partial charge in [0.2, 0.25) is 0 Å². The Hall–Kier alpha value is -3.62. The van der Waals surface area contributed by atoms with Gasteiger partial charge in [-0.25, -0.2) is 0 Å². The lowest BCUT2D eigenvalue weighted by atomic mass is 10.1. The second kappa shape index (κ2) is 11.6. The van der Waals surface area contributed by atoms with Crippen molar-refractivity contribution in [3.8, 4) is 11.5 Å². The van der Waals surface area contributed by atoms with Gasteiger partial charge in [-0.2, -0.15) is 0 Å². The fourth-order valence-electron chi connectivity index (χ4n) is 3.80. The molecule has 37 heavy (non-hydrogen) atoms. The fourth-order valence-corrected chi connectivity index (χ4v) is 5.09. The van der Waals surface area contributed by atoms with E-state index in [4.69, 9.17) is 21.7 Å². The number of carbonyl (C=O) groups excluding carboxylic acids is 2.